The fourth-order valence-corrected chi connectivity index (χ4v) is 11.0. The number of nitrogens with one attached hydrogen (secondary N) is 2. The topological polar surface area (TPSA) is 143 Å². The molecule has 4 heterocycles. The molecule has 4 N–H and O–H groups in total. The summed E-state index contributed by atoms with van der Waals surface area (Å²) in [5, 5.41) is 6.17. The van der Waals surface area contributed by atoms with Crippen LogP contribution in [0.15, 0.2) is 97.1 Å². The Labute approximate surface area is 417 Å². The van der Waals surface area contributed by atoms with Crippen molar-refractivity contribution in [3.05, 3.63) is 142 Å². The maximum atomic E-state index is 13.4. The number of nitrogens with two attached hydrogens (primary N) is 1. The second kappa shape index (κ2) is 21.4. The van der Waals surface area contributed by atoms with Crippen LogP contribution in [0.3, 0.4) is 0 Å². The Kier molecular flexibility index (Phi) is 16.0. The summed E-state index contributed by atoms with van der Waals surface area (Å²) in [5.41, 5.74) is 5.38. The van der Waals surface area contributed by atoms with Gasteiger partial charge in [-0.1, -0.05) is 90.8 Å². The van der Waals surface area contributed by atoms with Crippen molar-refractivity contribution in [2.75, 3.05) is 32.8 Å². The molecule has 0 unspecified atom stereocenters. The summed E-state index contributed by atoms with van der Waals surface area (Å²) < 4.78 is 93.0. The van der Waals surface area contributed by atoms with Gasteiger partial charge in [-0.25, -0.2) is 0 Å². The van der Waals surface area contributed by atoms with Crippen LogP contribution in [0.1, 0.15) is 135 Å². The zero-order chi connectivity index (χ0) is 52.3. The fourth-order valence-electron chi connectivity index (χ4n) is 11.0. The third-order valence-corrected chi connectivity index (χ3v) is 15.1. The lowest BCUT2D eigenvalue weighted by molar-refractivity contribution is -0.151. The quantitative estimate of drug-likeness (QED) is 0.120. The number of hydrogen-bond acceptors (Lipinski definition) is 7. The first-order valence-electron chi connectivity index (χ1n) is 24.6. The molecule has 4 saturated heterocycles. The van der Waals surface area contributed by atoms with Gasteiger partial charge in [0.1, 0.15) is 0 Å². The van der Waals surface area contributed by atoms with E-state index in [0.29, 0.717) is 93.1 Å². The molecule has 0 radical (unpaired) electrons. The van der Waals surface area contributed by atoms with Gasteiger partial charge in [0.25, 0.3) is 0 Å². The van der Waals surface area contributed by atoms with E-state index in [1.165, 1.54) is 0 Å². The summed E-state index contributed by atoms with van der Waals surface area (Å²) in [5.74, 6) is -0.362. The number of benzene rings is 4. The van der Waals surface area contributed by atoms with Crippen LogP contribution in [-0.4, -0.2) is 77.4 Å². The zero-order valence-electron chi connectivity index (χ0n) is 41.5. The third kappa shape index (κ3) is 11.7. The number of amides is 4. The summed E-state index contributed by atoms with van der Waals surface area (Å²) in [4.78, 5) is 54.2. The molecule has 17 heteroatoms. The van der Waals surface area contributed by atoms with Crippen LogP contribution in [0.5, 0.6) is 0 Å². The molecule has 0 saturated carbocycles. The highest BCUT2D eigenvalue weighted by Crippen LogP contribution is 2.47. The van der Waals surface area contributed by atoms with E-state index in [4.69, 9.17) is 15.2 Å². The lowest BCUT2D eigenvalue weighted by Crippen LogP contribution is -2.65. The molecule has 4 aliphatic rings. The second-order valence-corrected chi connectivity index (χ2v) is 20.1. The first-order chi connectivity index (χ1) is 34.0. The number of halogens is 6. The smallest absolute Gasteiger partial charge is 0.371 e. The lowest BCUT2D eigenvalue weighted by Gasteiger charge is -2.53. The van der Waals surface area contributed by atoms with Crippen LogP contribution >= 0.6 is 0 Å². The fraction of sp³-hybridized carbons (Fsp3) is 0.491. The van der Waals surface area contributed by atoms with Crippen LogP contribution in [-0.2, 0) is 52.1 Å². The van der Waals surface area contributed by atoms with Gasteiger partial charge in [0.05, 0.1) is 65.2 Å². The average Bonchev–Trinajstić information content (AvgIpc) is 3.92. The molecule has 4 amide bonds. The molecule has 4 aliphatic heterocycles. The number of aryl methyl sites for hydroxylation is 2. The van der Waals surface area contributed by atoms with Crippen LogP contribution in [0.25, 0.3) is 0 Å². The van der Waals surface area contributed by atoms with Crippen molar-refractivity contribution < 1.29 is 55.0 Å². The molecule has 4 aromatic carbocycles. The number of ether oxygens (including phenoxy) is 2. The van der Waals surface area contributed by atoms with E-state index in [1.54, 1.807) is 44.7 Å². The molecule has 4 aromatic rings. The van der Waals surface area contributed by atoms with Gasteiger partial charge in [-0.2, -0.15) is 26.3 Å². The molecule has 72 heavy (non-hydrogen) atoms. The summed E-state index contributed by atoms with van der Waals surface area (Å²) in [6, 6.07) is 27.0. The average molecular weight is 1010 g/mol. The Balaban J connectivity index is 0.000000211. The van der Waals surface area contributed by atoms with Gasteiger partial charge in [-0.05, 0) is 113 Å². The molecule has 0 aliphatic carbocycles. The Morgan fingerprint density at radius 2 is 1.00 bits per heavy atom. The summed E-state index contributed by atoms with van der Waals surface area (Å²) in [6.07, 6.45) is -5.33. The first-order valence-corrected chi connectivity index (χ1v) is 24.6. The van der Waals surface area contributed by atoms with Crippen LogP contribution in [0, 0.1) is 13.8 Å². The van der Waals surface area contributed by atoms with E-state index >= 15 is 0 Å². The summed E-state index contributed by atoms with van der Waals surface area (Å²) in [7, 11) is 0. The minimum atomic E-state index is -4.46. The van der Waals surface area contributed by atoms with Crippen molar-refractivity contribution in [1.82, 2.24) is 20.4 Å². The number of piperidine rings is 2. The monoisotopic (exact) mass is 1010 g/mol. The summed E-state index contributed by atoms with van der Waals surface area (Å²) >= 11 is 0. The number of nitrogens with zero attached hydrogens (tertiary/aromatic N) is 2. The molecule has 11 nitrogen and oxygen atoms in total. The van der Waals surface area contributed by atoms with Gasteiger partial charge in [0.2, 0.25) is 23.6 Å². The molecular weight excluding hydrogens is 941 g/mol. The van der Waals surface area contributed by atoms with Crippen LogP contribution in [0.2, 0.25) is 0 Å². The number of carbonyl (C=O) groups is 4. The molecule has 6 atom stereocenters. The molecular formula is C55H65F6N5O6. The number of carbonyl (C=O) groups excluding carboxylic acids is 4. The van der Waals surface area contributed by atoms with E-state index in [-0.39, 0.29) is 43.4 Å². The van der Waals surface area contributed by atoms with Crippen molar-refractivity contribution in [3.63, 3.8) is 0 Å². The predicted molar refractivity (Wildman–Crippen MR) is 259 cm³/mol. The van der Waals surface area contributed by atoms with Crippen molar-refractivity contribution in [2.24, 2.45) is 5.73 Å². The van der Waals surface area contributed by atoms with E-state index in [2.05, 4.69) is 10.6 Å². The molecule has 388 valence electrons. The molecule has 8 rings (SSSR count). The standard InChI is InChI=1S/C28H33F3N2O3.C27H32F3N3O3/c1-4-25(35)33-17-26(11-10-24(34)32-26)12-13-27(33,22-8-6-5-7-9-22)18-36-20(3)21-14-19(2)15-23(16-21)28(29,30)31;1-18-12-20(14-22(13-18)27(28,29)30)19(2)36-17-26(21-6-4-3-5-7-21)11-10-25(9-8-23(34)32-25)16-33(26)24(35)15-31/h5-9,14-16,20H,4,10-13,17-18H2,1-3H3,(H,32,34);3-7,12-14,19H,8-11,15-17,31H2,1-2H3,(H,32,34)/t20-,26-,27-;19-,25-,26-/m11/s1. The van der Waals surface area contributed by atoms with E-state index in [9.17, 15) is 45.5 Å². The maximum absolute atomic E-state index is 13.4. The van der Waals surface area contributed by atoms with Crippen molar-refractivity contribution in [2.45, 2.75) is 139 Å². The SMILES string of the molecule is CCC(=O)N1C[C@@]2(CCC(=O)N2)CC[C@@]1(CO[C@H](C)c1cc(C)cc(C(F)(F)F)c1)c1ccccc1.Cc1cc([C@@H](C)OC[C@@]2(c3ccccc3)CC[C@]3(CCC(=O)N3)CN2C(=O)CN)cc(C(F)(F)F)c1. The highest BCUT2D eigenvalue weighted by molar-refractivity contribution is 5.82. The number of likely N-dealkylation sites (tertiary alicyclic amines) is 2. The maximum Gasteiger partial charge on any atom is 0.416 e. The van der Waals surface area contributed by atoms with Gasteiger partial charge >= 0.3 is 12.4 Å². The van der Waals surface area contributed by atoms with Gasteiger partial charge in [-0.15, -0.1) is 0 Å². The van der Waals surface area contributed by atoms with E-state index < -0.39 is 57.8 Å². The van der Waals surface area contributed by atoms with Gasteiger partial charge in [-0.3, -0.25) is 19.2 Å². The second-order valence-electron chi connectivity index (χ2n) is 20.1. The third-order valence-electron chi connectivity index (χ3n) is 15.1. The van der Waals surface area contributed by atoms with E-state index in [1.807, 2.05) is 72.5 Å². The van der Waals surface area contributed by atoms with Crippen LogP contribution in [0.4, 0.5) is 26.3 Å². The Bertz CT molecular complexity index is 2420. The van der Waals surface area contributed by atoms with Crippen LogP contribution < -0.4 is 16.4 Å². The zero-order valence-corrected chi connectivity index (χ0v) is 41.5. The minimum Gasteiger partial charge on any atom is -0.371 e. The number of rotatable bonds is 12. The number of hydrogen-bond donors (Lipinski definition) is 3. The Hall–Kier alpha value is -5.78. The Morgan fingerprint density at radius 3 is 1.33 bits per heavy atom. The normalized spacial score (nSPS) is 25.2. The molecule has 0 aromatic heterocycles. The highest BCUT2D eigenvalue weighted by atomic mass is 19.4. The lowest BCUT2D eigenvalue weighted by atomic mass is 9.74. The largest absolute Gasteiger partial charge is 0.416 e. The van der Waals surface area contributed by atoms with Crippen molar-refractivity contribution in [3.8, 4) is 0 Å². The van der Waals surface area contributed by atoms with Crippen molar-refractivity contribution in [1.29, 1.82) is 0 Å². The Morgan fingerprint density at radius 1 is 0.611 bits per heavy atom. The molecule has 2 spiro atoms. The first kappa shape index (κ1) is 54.0. The van der Waals surface area contributed by atoms with Gasteiger partial charge < -0.3 is 35.6 Å². The summed E-state index contributed by atoms with van der Waals surface area (Å²) in [6.45, 7) is 9.18. The van der Waals surface area contributed by atoms with Crippen molar-refractivity contribution >= 4 is 23.6 Å². The van der Waals surface area contributed by atoms with E-state index in [0.717, 1.165) is 35.4 Å². The van der Waals surface area contributed by atoms with Gasteiger partial charge in [0.15, 0.2) is 0 Å². The molecule has 0 bridgehead atoms. The highest BCUT2D eigenvalue weighted by Gasteiger charge is 2.54. The minimum absolute atomic E-state index is 0.00380. The molecule has 4 fully saturated rings. The number of alkyl halides is 6. The predicted octanol–water partition coefficient (Wildman–Crippen LogP) is 9.88. The van der Waals surface area contributed by atoms with Gasteiger partial charge in [0, 0.05) is 32.4 Å².